The minimum atomic E-state index is -4.02. The van der Waals surface area contributed by atoms with Gasteiger partial charge in [-0.3, -0.25) is 4.79 Å². The minimum Gasteiger partial charge on any atom is -0.443 e. The Morgan fingerprint density at radius 1 is 1.07 bits per heavy atom. The predicted octanol–water partition coefficient (Wildman–Crippen LogP) is 5.25. The Hall–Kier alpha value is -2.19. The predicted molar refractivity (Wildman–Crippen MR) is 120 cm³/mol. The number of carbonyl (C=O) groups is 2. The number of nitrogens with zero attached hydrogens (tertiary/aromatic N) is 1. The standard InChI is InChI=1S/C22H26BrNO5S/c1-14-7-9-16(10-8-14)20(25)18-12-11-17(13-19(18)23)15(2)30(27,28)24(6)21(26)29-22(3,4)5/h7-13,15H,1-6H3. The summed E-state index contributed by atoms with van der Waals surface area (Å²) in [5.41, 5.74) is 1.64. The third kappa shape index (κ3) is 5.49. The van der Waals surface area contributed by atoms with Crippen molar-refractivity contribution in [3.8, 4) is 0 Å². The number of ether oxygens (including phenoxy) is 1. The van der Waals surface area contributed by atoms with E-state index in [0.29, 0.717) is 25.5 Å². The van der Waals surface area contributed by atoms with Crippen molar-refractivity contribution in [2.24, 2.45) is 0 Å². The van der Waals surface area contributed by atoms with Crippen molar-refractivity contribution >= 4 is 37.8 Å². The Labute approximate surface area is 186 Å². The van der Waals surface area contributed by atoms with Gasteiger partial charge in [0.1, 0.15) is 10.9 Å². The molecule has 0 heterocycles. The van der Waals surface area contributed by atoms with Gasteiger partial charge in [-0.1, -0.05) is 51.8 Å². The minimum absolute atomic E-state index is 0.171. The first-order chi connectivity index (χ1) is 13.7. The van der Waals surface area contributed by atoms with E-state index in [2.05, 4.69) is 15.9 Å². The molecule has 0 aromatic heterocycles. The number of halogens is 1. The molecule has 1 amide bonds. The fourth-order valence-electron chi connectivity index (χ4n) is 2.67. The molecule has 0 radical (unpaired) electrons. The van der Waals surface area contributed by atoms with E-state index in [0.717, 1.165) is 5.56 Å². The highest BCUT2D eigenvalue weighted by Crippen LogP contribution is 2.30. The van der Waals surface area contributed by atoms with Crippen LogP contribution in [0.3, 0.4) is 0 Å². The molecule has 30 heavy (non-hydrogen) atoms. The maximum atomic E-state index is 12.9. The van der Waals surface area contributed by atoms with Gasteiger partial charge < -0.3 is 4.74 Å². The van der Waals surface area contributed by atoms with Gasteiger partial charge in [-0.05, 0) is 52.3 Å². The Bertz CT molecular complexity index is 1060. The summed E-state index contributed by atoms with van der Waals surface area (Å²) in [6, 6.07) is 12.0. The van der Waals surface area contributed by atoms with Gasteiger partial charge in [0.05, 0.1) is 0 Å². The monoisotopic (exact) mass is 495 g/mol. The van der Waals surface area contributed by atoms with Crippen LogP contribution >= 0.6 is 15.9 Å². The number of hydrogen-bond donors (Lipinski definition) is 0. The molecule has 0 aliphatic heterocycles. The average molecular weight is 496 g/mol. The fourth-order valence-corrected chi connectivity index (χ4v) is 4.45. The number of hydrogen-bond acceptors (Lipinski definition) is 5. The highest BCUT2D eigenvalue weighted by atomic mass is 79.9. The van der Waals surface area contributed by atoms with Gasteiger partial charge in [0, 0.05) is 22.6 Å². The molecule has 0 N–H and O–H groups in total. The number of rotatable bonds is 5. The van der Waals surface area contributed by atoms with Crippen molar-refractivity contribution in [3.05, 3.63) is 69.2 Å². The van der Waals surface area contributed by atoms with E-state index in [4.69, 9.17) is 4.74 Å². The molecule has 0 aliphatic carbocycles. The van der Waals surface area contributed by atoms with Crippen LogP contribution in [0.15, 0.2) is 46.9 Å². The van der Waals surface area contributed by atoms with Crippen LogP contribution in [0.5, 0.6) is 0 Å². The Morgan fingerprint density at radius 2 is 1.63 bits per heavy atom. The lowest BCUT2D eigenvalue weighted by atomic mass is 10.0. The third-order valence-corrected chi connectivity index (χ3v) is 7.23. The smallest absolute Gasteiger partial charge is 0.423 e. The molecule has 0 bridgehead atoms. The Balaban J connectivity index is 2.29. The van der Waals surface area contributed by atoms with Crippen LogP contribution in [0.1, 0.15) is 60.0 Å². The number of amides is 1. The number of carbonyl (C=O) groups excluding carboxylic acids is 2. The lowest BCUT2D eigenvalue weighted by Gasteiger charge is -2.26. The molecular weight excluding hydrogens is 470 g/mol. The quantitative estimate of drug-likeness (QED) is 0.529. The summed E-state index contributed by atoms with van der Waals surface area (Å²) in [4.78, 5) is 25.0. The molecule has 0 aliphatic rings. The van der Waals surface area contributed by atoms with Crippen LogP contribution < -0.4 is 0 Å². The molecule has 1 atom stereocenters. The molecule has 8 heteroatoms. The number of benzene rings is 2. The zero-order chi connectivity index (χ0) is 22.9. The second-order valence-electron chi connectivity index (χ2n) is 8.07. The first-order valence-corrected chi connectivity index (χ1v) is 11.6. The van der Waals surface area contributed by atoms with Gasteiger partial charge >= 0.3 is 6.09 Å². The Morgan fingerprint density at radius 3 is 2.13 bits per heavy atom. The van der Waals surface area contributed by atoms with Crippen molar-refractivity contribution in [2.45, 2.75) is 45.5 Å². The normalized spacial score (nSPS) is 12.9. The van der Waals surface area contributed by atoms with Gasteiger partial charge in [0.15, 0.2) is 5.78 Å². The molecule has 2 rings (SSSR count). The van der Waals surface area contributed by atoms with Crippen molar-refractivity contribution in [3.63, 3.8) is 0 Å². The van der Waals surface area contributed by atoms with E-state index < -0.39 is 27.0 Å². The van der Waals surface area contributed by atoms with E-state index in [1.807, 2.05) is 19.1 Å². The van der Waals surface area contributed by atoms with Crippen LogP contribution in [-0.2, 0) is 14.8 Å². The van der Waals surface area contributed by atoms with Crippen LogP contribution in [0.25, 0.3) is 0 Å². The van der Waals surface area contributed by atoms with E-state index in [9.17, 15) is 18.0 Å². The van der Waals surface area contributed by atoms with E-state index in [1.165, 1.54) is 14.0 Å². The number of aryl methyl sites for hydroxylation is 1. The summed E-state index contributed by atoms with van der Waals surface area (Å²) >= 11 is 3.38. The molecule has 2 aromatic rings. The van der Waals surface area contributed by atoms with Crippen molar-refractivity contribution in [1.82, 2.24) is 4.31 Å². The van der Waals surface area contributed by atoms with E-state index in [1.54, 1.807) is 51.1 Å². The van der Waals surface area contributed by atoms with Crippen LogP contribution in [0.2, 0.25) is 0 Å². The molecule has 0 saturated carbocycles. The lowest BCUT2D eigenvalue weighted by Crippen LogP contribution is -2.39. The second kappa shape index (κ2) is 8.89. The number of ketones is 1. The summed E-state index contributed by atoms with van der Waals surface area (Å²) < 4.78 is 32.0. The molecule has 0 saturated heterocycles. The fraction of sp³-hybridized carbons (Fsp3) is 0.364. The first kappa shape index (κ1) is 24.1. The summed E-state index contributed by atoms with van der Waals surface area (Å²) in [5.74, 6) is -0.171. The van der Waals surface area contributed by atoms with E-state index >= 15 is 0 Å². The van der Waals surface area contributed by atoms with Crippen LogP contribution in [-0.4, -0.2) is 37.2 Å². The van der Waals surface area contributed by atoms with Crippen molar-refractivity contribution in [2.75, 3.05) is 7.05 Å². The van der Waals surface area contributed by atoms with Gasteiger partial charge in [0.2, 0.25) is 10.0 Å². The Kier molecular flexibility index (Phi) is 7.14. The summed E-state index contributed by atoms with van der Waals surface area (Å²) in [6.45, 7) is 8.41. The van der Waals surface area contributed by atoms with Gasteiger partial charge in [-0.15, -0.1) is 0 Å². The van der Waals surface area contributed by atoms with Crippen molar-refractivity contribution < 1.29 is 22.7 Å². The third-order valence-electron chi connectivity index (χ3n) is 4.50. The van der Waals surface area contributed by atoms with Crippen LogP contribution in [0, 0.1) is 6.92 Å². The SMILES string of the molecule is Cc1ccc(C(=O)c2ccc(C(C)S(=O)(=O)N(C)C(=O)OC(C)(C)C)cc2Br)cc1. The topological polar surface area (TPSA) is 80.8 Å². The van der Waals surface area contributed by atoms with Crippen LogP contribution in [0.4, 0.5) is 4.79 Å². The zero-order valence-corrected chi connectivity index (χ0v) is 20.3. The molecule has 0 spiro atoms. The zero-order valence-electron chi connectivity index (χ0n) is 17.9. The molecule has 1 unspecified atom stereocenters. The molecule has 162 valence electrons. The maximum absolute atomic E-state index is 12.9. The van der Waals surface area contributed by atoms with Gasteiger partial charge in [-0.2, -0.15) is 0 Å². The van der Waals surface area contributed by atoms with E-state index in [-0.39, 0.29) is 5.78 Å². The molecule has 2 aromatic carbocycles. The largest absolute Gasteiger partial charge is 0.443 e. The first-order valence-electron chi connectivity index (χ1n) is 9.35. The maximum Gasteiger partial charge on any atom is 0.423 e. The van der Waals surface area contributed by atoms with Crippen molar-refractivity contribution in [1.29, 1.82) is 0 Å². The molecule has 6 nitrogen and oxygen atoms in total. The lowest BCUT2D eigenvalue weighted by molar-refractivity contribution is 0.0419. The van der Waals surface area contributed by atoms with Gasteiger partial charge in [-0.25, -0.2) is 17.5 Å². The second-order valence-corrected chi connectivity index (χ2v) is 11.2. The summed E-state index contributed by atoms with van der Waals surface area (Å²) in [7, 11) is -2.85. The molecule has 0 fully saturated rings. The van der Waals surface area contributed by atoms with Gasteiger partial charge in [0.25, 0.3) is 0 Å². The highest BCUT2D eigenvalue weighted by Gasteiger charge is 2.34. The average Bonchev–Trinajstić information content (AvgIpc) is 2.65. The highest BCUT2D eigenvalue weighted by molar-refractivity contribution is 9.10. The molecular formula is C22H26BrNO5S. The summed E-state index contributed by atoms with van der Waals surface area (Å²) in [6.07, 6.45) is -0.945. The summed E-state index contributed by atoms with van der Waals surface area (Å²) in [5, 5.41) is -1.02. The number of sulfonamides is 1.